The largest absolute Gasteiger partial charge is 0.320 e. The highest BCUT2D eigenvalue weighted by molar-refractivity contribution is 5.20. The molecule has 2 N–H and O–H groups in total. The maximum atomic E-state index is 6.04. The zero-order valence-electron chi connectivity index (χ0n) is 8.33. The summed E-state index contributed by atoms with van der Waals surface area (Å²) >= 11 is 0. The van der Waals surface area contributed by atoms with Crippen LogP contribution in [-0.2, 0) is 12.1 Å². The van der Waals surface area contributed by atoms with Gasteiger partial charge in [0.05, 0.1) is 11.2 Å². The molecule has 1 heterocycles. The van der Waals surface area contributed by atoms with E-state index >= 15 is 0 Å². The van der Waals surface area contributed by atoms with Crippen LogP contribution in [0.4, 0.5) is 0 Å². The lowest BCUT2D eigenvalue weighted by atomic mass is 10.2. The maximum absolute atomic E-state index is 6.04. The average Bonchev–Trinajstić information content (AvgIpc) is 2.62. The summed E-state index contributed by atoms with van der Waals surface area (Å²) < 4.78 is 1.99. The molecule has 1 fully saturated rings. The SMILES string of the molecule is CC(C)Cn1ccc(C2(N)CC2)n1. The first kappa shape index (κ1) is 8.75. The molecule has 0 aliphatic heterocycles. The molecule has 0 saturated heterocycles. The van der Waals surface area contributed by atoms with Crippen LogP contribution in [0, 0.1) is 5.92 Å². The molecule has 13 heavy (non-hydrogen) atoms. The number of hydrogen-bond acceptors (Lipinski definition) is 2. The van der Waals surface area contributed by atoms with E-state index in [4.69, 9.17) is 5.73 Å². The van der Waals surface area contributed by atoms with E-state index in [1.54, 1.807) is 0 Å². The lowest BCUT2D eigenvalue weighted by molar-refractivity contribution is 0.475. The first-order valence-electron chi connectivity index (χ1n) is 4.93. The molecule has 3 heteroatoms. The van der Waals surface area contributed by atoms with Gasteiger partial charge in [-0.05, 0) is 24.8 Å². The second-order valence-electron chi connectivity index (χ2n) is 4.47. The number of aromatic nitrogens is 2. The van der Waals surface area contributed by atoms with Crippen LogP contribution in [0.15, 0.2) is 12.3 Å². The summed E-state index contributed by atoms with van der Waals surface area (Å²) in [7, 11) is 0. The highest BCUT2D eigenvalue weighted by atomic mass is 15.3. The lowest BCUT2D eigenvalue weighted by Crippen LogP contribution is -2.20. The van der Waals surface area contributed by atoms with Crippen molar-refractivity contribution in [1.82, 2.24) is 9.78 Å². The van der Waals surface area contributed by atoms with Gasteiger partial charge in [-0.1, -0.05) is 13.8 Å². The van der Waals surface area contributed by atoms with Crippen molar-refractivity contribution in [2.75, 3.05) is 0 Å². The molecule has 0 aromatic carbocycles. The Balaban J connectivity index is 2.09. The van der Waals surface area contributed by atoms with Gasteiger partial charge in [0.2, 0.25) is 0 Å². The van der Waals surface area contributed by atoms with E-state index in [0.717, 1.165) is 25.1 Å². The van der Waals surface area contributed by atoms with Gasteiger partial charge in [-0.3, -0.25) is 4.68 Å². The van der Waals surface area contributed by atoms with Crippen LogP contribution in [0.25, 0.3) is 0 Å². The van der Waals surface area contributed by atoms with E-state index in [-0.39, 0.29) is 5.54 Å². The molecule has 1 aliphatic carbocycles. The third kappa shape index (κ3) is 1.75. The second-order valence-corrected chi connectivity index (χ2v) is 4.47. The Morgan fingerprint density at radius 2 is 2.31 bits per heavy atom. The number of hydrogen-bond donors (Lipinski definition) is 1. The molecule has 0 unspecified atom stereocenters. The normalized spacial score (nSPS) is 19.4. The van der Waals surface area contributed by atoms with Gasteiger partial charge in [0, 0.05) is 12.7 Å². The molecule has 2 rings (SSSR count). The standard InChI is InChI=1S/C10H17N3/c1-8(2)7-13-6-3-9(12-13)10(11)4-5-10/h3,6,8H,4-5,7,11H2,1-2H3. The maximum Gasteiger partial charge on any atom is 0.0823 e. The van der Waals surface area contributed by atoms with Crippen molar-refractivity contribution in [3.05, 3.63) is 18.0 Å². The summed E-state index contributed by atoms with van der Waals surface area (Å²) in [4.78, 5) is 0. The van der Waals surface area contributed by atoms with E-state index in [9.17, 15) is 0 Å². The van der Waals surface area contributed by atoms with E-state index in [0.29, 0.717) is 5.92 Å². The molecule has 0 amide bonds. The Morgan fingerprint density at radius 1 is 1.62 bits per heavy atom. The quantitative estimate of drug-likeness (QED) is 0.764. The molecule has 1 aliphatic rings. The van der Waals surface area contributed by atoms with Gasteiger partial charge in [-0.2, -0.15) is 5.10 Å². The van der Waals surface area contributed by atoms with Crippen LogP contribution < -0.4 is 5.73 Å². The monoisotopic (exact) mass is 179 g/mol. The van der Waals surface area contributed by atoms with Crippen LogP contribution >= 0.6 is 0 Å². The molecule has 1 aromatic rings. The van der Waals surface area contributed by atoms with E-state index in [1.165, 1.54) is 0 Å². The van der Waals surface area contributed by atoms with E-state index < -0.39 is 0 Å². The molecule has 0 spiro atoms. The van der Waals surface area contributed by atoms with Crippen molar-refractivity contribution < 1.29 is 0 Å². The average molecular weight is 179 g/mol. The van der Waals surface area contributed by atoms with E-state index in [1.807, 2.05) is 10.9 Å². The zero-order valence-corrected chi connectivity index (χ0v) is 8.33. The molecule has 0 radical (unpaired) electrons. The van der Waals surface area contributed by atoms with Crippen molar-refractivity contribution in [1.29, 1.82) is 0 Å². The van der Waals surface area contributed by atoms with E-state index in [2.05, 4.69) is 25.0 Å². The predicted molar refractivity (Wildman–Crippen MR) is 52.2 cm³/mol. The Bertz CT molecular complexity index is 297. The predicted octanol–water partition coefficient (Wildman–Crippen LogP) is 1.49. The minimum absolute atomic E-state index is 0.0811. The van der Waals surface area contributed by atoms with Crippen LogP contribution in [0.5, 0.6) is 0 Å². The third-order valence-electron chi connectivity index (χ3n) is 2.49. The minimum atomic E-state index is -0.0811. The van der Waals surface area contributed by atoms with Gasteiger partial charge < -0.3 is 5.73 Å². The summed E-state index contributed by atoms with van der Waals surface area (Å²) in [6.07, 6.45) is 4.21. The summed E-state index contributed by atoms with van der Waals surface area (Å²) in [6, 6.07) is 2.05. The Hall–Kier alpha value is -0.830. The Labute approximate surface area is 78.9 Å². The van der Waals surface area contributed by atoms with Gasteiger partial charge in [-0.25, -0.2) is 0 Å². The van der Waals surface area contributed by atoms with Crippen LogP contribution in [0.3, 0.4) is 0 Å². The van der Waals surface area contributed by atoms with Crippen molar-refractivity contribution in [3.63, 3.8) is 0 Å². The fraction of sp³-hybridized carbons (Fsp3) is 0.700. The molecule has 0 bridgehead atoms. The second kappa shape index (κ2) is 2.84. The topological polar surface area (TPSA) is 43.8 Å². The molecule has 1 aromatic heterocycles. The zero-order chi connectivity index (χ0) is 9.47. The smallest absolute Gasteiger partial charge is 0.0823 e. The molecular weight excluding hydrogens is 162 g/mol. The van der Waals surface area contributed by atoms with Crippen molar-refractivity contribution in [2.45, 2.75) is 38.8 Å². The van der Waals surface area contributed by atoms with Gasteiger partial charge in [0.25, 0.3) is 0 Å². The number of nitrogens with two attached hydrogens (primary N) is 1. The highest BCUT2D eigenvalue weighted by Gasteiger charge is 2.42. The number of nitrogens with zero attached hydrogens (tertiary/aromatic N) is 2. The van der Waals surface area contributed by atoms with Gasteiger partial charge >= 0.3 is 0 Å². The fourth-order valence-electron chi connectivity index (χ4n) is 1.49. The highest BCUT2D eigenvalue weighted by Crippen LogP contribution is 2.41. The molecular formula is C10H17N3. The molecule has 72 valence electrons. The number of rotatable bonds is 3. The van der Waals surface area contributed by atoms with Crippen molar-refractivity contribution >= 4 is 0 Å². The molecule has 0 atom stereocenters. The van der Waals surface area contributed by atoms with Crippen molar-refractivity contribution in [2.24, 2.45) is 11.7 Å². The van der Waals surface area contributed by atoms with Crippen LogP contribution in [0.1, 0.15) is 32.4 Å². The van der Waals surface area contributed by atoms with Crippen LogP contribution in [-0.4, -0.2) is 9.78 Å². The third-order valence-corrected chi connectivity index (χ3v) is 2.49. The molecule has 3 nitrogen and oxygen atoms in total. The minimum Gasteiger partial charge on any atom is -0.320 e. The first-order chi connectivity index (χ1) is 6.10. The van der Waals surface area contributed by atoms with Gasteiger partial charge in [0.1, 0.15) is 0 Å². The van der Waals surface area contributed by atoms with Crippen molar-refractivity contribution in [3.8, 4) is 0 Å². The fourth-order valence-corrected chi connectivity index (χ4v) is 1.49. The first-order valence-corrected chi connectivity index (χ1v) is 4.93. The van der Waals surface area contributed by atoms with Gasteiger partial charge in [0.15, 0.2) is 0 Å². The summed E-state index contributed by atoms with van der Waals surface area (Å²) in [6.45, 7) is 5.36. The summed E-state index contributed by atoms with van der Waals surface area (Å²) in [5.41, 5.74) is 7.02. The van der Waals surface area contributed by atoms with Gasteiger partial charge in [-0.15, -0.1) is 0 Å². The summed E-state index contributed by atoms with van der Waals surface area (Å²) in [5.74, 6) is 0.640. The lowest BCUT2D eigenvalue weighted by Gasteiger charge is -2.05. The summed E-state index contributed by atoms with van der Waals surface area (Å²) in [5, 5.41) is 4.48. The Kier molecular flexibility index (Phi) is 1.91. The molecule has 1 saturated carbocycles. The Morgan fingerprint density at radius 3 is 2.85 bits per heavy atom. The van der Waals surface area contributed by atoms with Crippen LogP contribution in [0.2, 0.25) is 0 Å².